The van der Waals surface area contributed by atoms with Gasteiger partial charge in [0.25, 0.3) is 5.91 Å². The second kappa shape index (κ2) is 6.25. The van der Waals surface area contributed by atoms with E-state index in [2.05, 4.69) is 11.2 Å². The Bertz CT molecular complexity index is 505. The largest absolute Gasteiger partial charge is 0.477 e. The number of nitro groups is 1. The highest BCUT2D eigenvalue weighted by atomic mass is 16.6. The number of amides is 1. The monoisotopic (exact) mass is 248 g/mol. The predicted octanol–water partition coefficient (Wildman–Crippen LogP) is 1.03. The fraction of sp³-hybridized carbons (Fsp3) is 0.250. The maximum Gasteiger partial charge on any atom is 0.310 e. The zero-order chi connectivity index (χ0) is 13.5. The highest BCUT2D eigenvalue weighted by Crippen LogP contribution is 2.27. The standard InChI is InChI=1S/C12H12N2O4/c1-3-6-13-12(15)8-18-11-7-9(2)4-5-10(11)14(16)17/h1,4-5,7H,6,8H2,2H3,(H,13,15). The minimum absolute atomic E-state index is 0.0656. The van der Waals surface area contributed by atoms with E-state index >= 15 is 0 Å². The number of nitrogens with one attached hydrogen (secondary N) is 1. The molecule has 6 nitrogen and oxygen atoms in total. The first-order chi connectivity index (χ1) is 8.54. The molecule has 0 saturated heterocycles. The number of terminal acetylenes is 1. The summed E-state index contributed by atoms with van der Waals surface area (Å²) in [5, 5.41) is 13.1. The van der Waals surface area contributed by atoms with Gasteiger partial charge in [-0.05, 0) is 18.6 Å². The Morgan fingerprint density at radius 1 is 1.61 bits per heavy atom. The molecule has 0 heterocycles. The summed E-state index contributed by atoms with van der Waals surface area (Å²) >= 11 is 0. The van der Waals surface area contributed by atoms with Crippen molar-refractivity contribution in [3.05, 3.63) is 33.9 Å². The van der Waals surface area contributed by atoms with Crippen LogP contribution in [0.5, 0.6) is 5.75 Å². The molecule has 1 N–H and O–H groups in total. The molecule has 0 unspecified atom stereocenters. The van der Waals surface area contributed by atoms with Crippen molar-refractivity contribution in [2.45, 2.75) is 6.92 Å². The second-order valence-corrected chi connectivity index (χ2v) is 3.50. The van der Waals surface area contributed by atoms with Gasteiger partial charge in [-0.1, -0.05) is 12.0 Å². The van der Waals surface area contributed by atoms with Crippen LogP contribution in [0.25, 0.3) is 0 Å². The first-order valence-electron chi connectivity index (χ1n) is 5.12. The Kier molecular flexibility index (Phi) is 4.69. The molecule has 1 aromatic carbocycles. The number of hydrogen-bond donors (Lipinski definition) is 1. The molecule has 1 aromatic rings. The molecule has 1 amide bonds. The average molecular weight is 248 g/mol. The lowest BCUT2D eigenvalue weighted by Gasteiger charge is -2.07. The normalized spacial score (nSPS) is 9.33. The third kappa shape index (κ3) is 3.79. The highest BCUT2D eigenvalue weighted by molar-refractivity contribution is 5.77. The van der Waals surface area contributed by atoms with Gasteiger partial charge in [-0.3, -0.25) is 14.9 Å². The molecule has 0 spiro atoms. The number of nitro benzene ring substituents is 1. The molecule has 0 aliphatic heterocycles. The molecule has 0 aliphatic rings. The van der Waals surface area contributed by atoms with Crippen molar-refractivity contribution in [1.82, 2.24) is 5.32 Å². The van der Waals surface area contributed by atoms with Crippen LogP contribution in [0.4, 0.5) is 5.69 Å². The van der Waals surface area contributed by atoms with E-state index < -0.39 is 10.8 Å². The van der Waals surface area contributed by atoms with Crippen molar-refractivity contribution in [1.29, 1.82) is 0 Å². The van der Waals surface area contributed by atoms with Crippen LogP contribution in [0.2, 0.25) is 0 Å². The quantitative estimate of drug-likeness (QED) is 0.479. The number of benzene rings is 1. The van der Waals surface area contributed by atoms with Gasteiger partial charge in [-0.2, -0.15) is 0 Å². The average Bonchev–Trinajstić information content (AvgIpc) is 2.33. The molecular weight excluding hydrogens is 236 g/mol. The number of carbonyl (C=O) groups excluding carboxylic acids is 1. The summed E-state index contributed by atoms with van der Waals surface area (Å²) in [6.45, 7) is 1.55. The zero-order valence-electron chi connectivity index (χ0n) is 9.80. The van der Waals surface area contributed by atoms with Gasteiger partial charge in [0.2, 0.25) is 0 Å². The molecule has 0 bridgehead atoms. The summed E-state index contributed by atoms with van der Waals surface area (Å²) in [4.78, 5) is 21.4. The van der Waals surface area contributed by atoms with Gasteiger partial charge < -0.3 is 10.1 Å². The topological polar surface area (TPSA) is 81.5 Å². The summed E-state index contributed by atoms with van der Waals surface area (Å²) in [6, 6.07) is 4.44. The maximum atomic E-state index is 11.2. The van der Waals surface area contributed by atoms with E-state index in [1.54, 1.807) is 13.0 Å². The summed E-state index contributed by atoms with van der Waals surface area (Å²) < 4.78 is 5.12. The van der Waals surface area contributed by atoms with Crippen LogP contribution < -0.4 is 10.1 Å². The van der Waals surface area contributed by atoms with Crippen LogP contribution in [0.3, 0.4) is 0 Å². The molecular formula is C12H12N2O4. The molecule has 0 aromatic heterocycles. The molecule has 6 heteroatoms. The molecule has 0 fully saturated rings. The zero-order valence-corrected chi connectivity index (χ0v) is 9.80. The van der Waals surface area contributed by atoms with Crippen molar-refractivity contribution in [2.24, 2.45) is 0 Å². The maximum absolute atomic E-state index is 11.2. The van der Waals surface area contributed by atoms with Gasteiger partial charge in [0.1, 0.15) is 0 Å². The van der Waals surface area contributed by atoms with Crippen molar-refractivity contribution in [3.63, 3.8) is 0 Å². The van der Waals surface area contributed by atoms with Gasteiger partial charge in [0.05, 0.1) is 11.5 Å². The lowest BCUT2D eigenvalue weighted by molar-refractivity contribution is -0.385. The Hall–Kier alpha value is -2.55. The SMILES string of the molecule is C#CCNC(=O)COc1cc(C)ccc1[N+](=O)[O-]. The van der Waals surface area contributed by atoms with Crippen molar-refractivity contribution < 1.29 is 14.5 Å². The molecule has 1 rings (SSSR count). The first kappa shape index (κ1) is 13.5. The number of aryl methyl sites for hydroxylation is 1. The summed E-state index contributed by atoms with van der Waals surface area (Å²) in [6.07, 6.45) is 4.97. The van der Waals surface area contributed by atoms with Gasteiger partial charge in [0.15, 0.2) is 12.4 Å². The predicted molar refractivity (Wildman–Crippen MR) is 65.2 cm³/mol. The minimum Gasteiger partial charge on any atom is -0.477 e. The number of nitrogens with zero attached hydrogens (tertiary/aromatic N) is 1. The van der Waals surface area contributed by atoms with Gasteiger partial charge in [-0.25, -0.2) is 0 Å². The molecule has 94 valence electrons. The van der Waals surface area contributed by atoms with Crippen LogP contribution >= 0.6 is 0 Å². The first-order valence-corrected chi connectivity index (χ1v) is 5.12. The van der Waals surface area contributed by atoms with Crippen LogP contribution in [-0.2, 0) is 4.79 Å². The Labute approximate surface area is 104 Å². The van der Waals surface area contributed by atoms with Crippen LogP contribution in [0.15, 0.2) is 18.2 Å². The van der Waals surface area contributed by atoms with E-state index in [-0.39, 0.29) is 24.6 Å². The molecule has 0 atom stereocenters. The summed E-state index contributed by atoms with van der Waals surface area (Å²) in [7, 11) is 0. The Balaban J connectivity index is 2.72. The Morgan fingerprint density at radius 3 is 2.94 bits per heavy atom. The van der Waals surface area contributed by atoms with Crippen LogP contribution in [0, 0.1) is 29.4 Å². The van der Waals surface area contributed by atoms with Crippen molar-refractivity contribution in [2.75, 3.05) is 13.2 Å². The number of hydrogen-bond acceptors (Lipinski definition) is 4. The third-order valence-electron chi connectivity index (χ3n) is 2.06. The third-order valence-corrected chi connectivity index (χ3v) is 2.06. The number of carbonyl (C=O) groups is 1. The van der Waals surface area contributed by atoms with E-state index in [0.717, 1.165) is 5.56 Å². The van der Waals surface area contributed by atoms with Crippen LogP contribution in [0.1, 0.15) is 5.56 Å². The second-order valence-electron chi connectivity index (χ2n) is 3.50. The van der Waals surface area contributed by atoms with E-state index in [1.807, 2.05) is 0 Å². The van der Waals surface area contributed by atoms with E-state index in [9.17, 15) is 14.9 Å². The van der Waals surface area contributed by atoms with Gasteiger partial charge in [0, 0.05) is 6.07 Å². The van der Waals surface area contributed by atoms with Gasteiger partial charge >= 0.3 is 5.69 Å². The lowest BCUT2D eigenvalue weighted by Crippen LogP contribution is -2.29. The van der Waals surface area contributed by atoms with E-state index in [4.69, 9.17) is 11.2 Å². The lowest BCUT2D eigenvalue weighted by atomic mass is 10.2. The van der Waals surface area contributed by atoms with E-state index in [1.165, 1.54) is 12.1 Å². The summed E-state index contributed by atoms with van der Waals surface area (Å²) in [5.41, 5.74) is 0.630. The fourth-order valence-corrected chi connectivity index (χ4v) is 1.23. The van der Waals surface area contributed by atoms with Crippen LogP contribution in [-0.4, -0.2) is 24.0 Å². The minimum atomic E-state index is -0.561. The fourth-order valence-electron chi connectivity index (χ4n) is 1.23. The Morgan fingerprint density at radius 2 is 2.33 bits per heavy atom. The van der Waals surface area contributed by atoms with Crippen molar-refractivity contribution in [3.8, 4) is 18.1 Å². The molecule has 18 heavy (non-hydrogen) atoms. The van der Waals surface area contributed by atoms with Gasteiger partial charge in [-0.15, -0.1) is 6.42 Å². The van der Waals surface area contributed by atoms with E-state index in [0.29, 0.717) is 0 Å². The highest BCUT2D eigenvalue weighted by Gasteiger charge is 2.15. The smallest absolute Gasteiger partial charge is 0.310 e. The summed E-state index contributed by atoms with van der Waals surface area (Å²) in [5.74, 6) is 1.88. The molecule has 0 radical (unpaired) electrons. The molecule has 0 saturated carbocycles. The van der Waals surface area contributed by atoms with Crippen molar-refractivity contribution >= 4 is 11.6 Å². The number of rotatable bonds is 5. The molecule has 0 aliphatic carbocycles. The number of ether oxygens (including phenoxy) is 1.